The molecule has 0 saturated carbocycles. The maximum atomic E-state index is 11.2. The summed E-state index contributed by atoms with van der Waals surface area (Å²) in [7, 11) is 5.36. The van der Waals surface area contributed by atoms with E-state index in [1.807, 2.05) is 25.1 Å². The van der Waals surface area contributed by atoms with E-state index in [1.165, 1.54) is 0 Å². The van der Waals surface area contributed by atoms with Crippen LogP contribution in [0.4, 0.5) is 0 Å². The van der Waals surface area contributed by atoms with Crippen molar-refractivity contribution < 1.29 is 19.7 Å². The predicted molar refractivity (Wildman–Crippen MR) is 120 cm³/mol. The Balaban J connectivity index is 2.14. The number of phenolic OH excluding ortho intramolecular Hbond substituents is 2. The van der Waals surface area contributed by atoms with Gasteiger partial charge in [-0.05, 0) is 68.4 Å². The van der Waals surface area contributed by atoms with Crippen LogP contribution in [0.2, 0.25) is 0 Å². The third-order valence-corrected chi connectivity index (χ3v) is 6.63. The number of hydrogen-bond donors (Lipinski definition) is 2. The molecule has 1 aliphatic rings. The molecule has 0 spiro atoms. The summed E-state index contributed by atoms with van der Waals surface area (Å²) in [4.78, 5) is 2.33. The number of likely N-dealkylation sites (N-methyl/N-ethyl adjacent to an activating group) is 1. The molecule has 0 unspecified atom stereocenters. The summed E-state index contributed by atoms with van der Waals surface area (Å²) in [6.45, 7) is 6.33. The van der Waals surface area contributed by atoms with E-state index < -0.39 is 0 Å². The van der Waals surface area contributed by atoms with Gasteiger partial charge in [-0.3, -0.25) is 4.90 Å². The zero-order chi connectivity index (χ0) is 21.7. The minimum atomic E-state index is 0.149. The fourth-order valence-electron chi connectivity index (χ4n) is 4.92. The Morgan fingerprint density at radius 3 is 2.33 bits per heavy atom. The van der Waals surface area contributed by atoms with Crippen LogP contribution < -0.4 is 9.47 Å². The van der Waals surface area contributed by atoms with Crippen molar-refractivity contribution >= 4 is 10.8 Å². The second-order valence-corrected chi connectivity index (χ2v) is 8.23. The average molecular weight is 408 g/mol. The van der Waals surface area contributed by atoms with Crippen LogP contribution in [0.15, 0.2) is 30.3 Å². The third-order valence-electron chi connectivity index (χ3n) is 6.63. The highest BCUT2D eigenvalue weighted by molar-refractivity contribution is 6.06. The Labute approximate surface area is 177 Å². The molecule has 5 heteroatoms. The first-order chi connectivity index (χ1) is 14.3. The van der Waals surface area contributed by atoms with Crippen LogP contribution in [0.25, 0.3) is 21.9 Å². The summed E-state index contributed by atoms with van der Waals surface area (Å²) in [5.74, 6) is 1.67. The number of rotatable bonds is 3. The molecule has 30 heavy (non-hydrogen) atoms. The summed E-state index contributed by atoms with van der Waals surface area (Å²) < 4.78 is 11.2. The number of benzene rings is 3. The van der Waals surface area contributed by atoms with E-state index in [0.29, 0.717) is 22.9 Å². The van der Waals surface area contributed by atoms with Crippen molar-refractivity contribution in [1.29, 1.82) is 0 Å². The number of nitrogens with zero attached hydrogens (tertiary/aromatic N) is 1. The smallest absolute Gasteiger partial charge is 0.130 e. The lowest BCUT2D eigenvalue weighted by atomic mass is 9.81. The topological polar surface area (TPSA) is 62.2 Å². The van der Waals surface area contributed by atoms with Crippen LogP contribution in [0, 0.1) is 6.92 Å². The zero-order valence-electron chi connectivity index (χ0n) is 18.4. The van der Waals surface area contributed by atoms with Crippen molar-refractivity contribution in [2.45, 2.75) is 39.3 Å². The van der Waals surface area contributed by atoms with Gasteiger partial charge in [-0.15, -0.1) is 0 Å². The summed E-state index contributed by atoms with van der Waals surface area (Å²) in [5.41, 5.74) is 4.84. The number of aryl methyl sites for hydroxylation is 1. The van der Waals surface area contributed by atoms with Crippen LogP contribution in [-0.4, -0.2) is 42.4 Å². The summed E-state index contributed by atoms with van der Waals surface area (Å²) in [6, 6.07) is 9.65. The van der Waals surface area contributed by atoms with E-state index in [4.69, 9.17) is 9.47 Å². The Hall–Kier alpha value is -2.92. The van der Waals surface area contributed by atoms with E-state index >= 15 is 0 Å². The summed E-state index contributed by atoms with van der Waals surface area (Å²) in [5, 5.41) is 23.3. The van der Waals surface area contributed by atoms with Crippen molar-refractivity contribution in [2.75, 3.05) is 21.3 Å². The van der Waals surface area contributed by atoms with Crippen LogP contribution in [0.5, 0.6) is 23.0 Å². The molecule has 0 fully saturated rings. The highest BCUT2D eigenvalue weighted by atomic mass is 16.5. The van der Waals surface area contributed by atoms with Crippen molar-refractivity contribution in [3.05, 3.63) is 47.0 Å². The minimum absolute atomic E-state index is 0.149. The van der Waals surface area contributed by atoms with Gasteiger partial charge in [0.1, 0.15) is 23.0 Å². The molecular weight excluding hydrogens is 378 g/mol. The van der Waals surface area contributed by atoms with Crippen molar-refractivity contribution in [2.24, 2.45) is 0 Å². The monoisotopic (exact) mass is 407 g/mol. The number of hydrogen-bond acceptors (Lipinski definition) is 5. The number of phenols is 2. The Morgan fingerprint density at radius 1 is 0.967 bits per heavy atom. The van der Waals surface area contributed by atoms with E-state index in [-0.39, 0.29) is 17.5 Å². The molecule has 4 rings (SSSR count). The van der Waals surface area contributed by atoms with Crippen molar-refractivity contribution in [3.8, 4) is 34.1 Å². The number of aromatic hydroxyl groups is 2. The molecule has 0 radical (unpaired) electrons. The lowest BCUT2D eigenvalue weighted by Crippen LogP contribution is -2.38. The van der Waals surface area contributed by atoms with Gasteiger partial charge in [0.05, 0.1) is 19.6 Å². The normalized spacial score (nSPS) is 19.0. The largest absolute Gasteiger partial charge is 0.507 e. The van der Waals surface area contributed by atoms with Gasteiger partial charge in [-0.25, -0.2) is 0 Å². The van der Waals surface area contributed by atoms with Gasteiger partial charge < -0.3 is 19.7 Å². The molecule has 2 atom stereocenters. The van der Waals surface area contributed by atoms with Gasteiger partial charge in [0.15, 0.2) is 0 Å². The fourth-order valence-corrected chi connectivity index (χ4v) is 4.92. The van der Waals surface area contributed by atoms with Crippen molar-refractivity contribution in [3.63, 3.8) is 0 Å². The molecule has 158 valence electrons. The van der Waals surface area contributed by atoms with E-state index in [9.17, 15) is 10.2 Å². The maximum absolute atomic E-state index is 11.2. The van der Waals surface area contributed by atoms with Gasteiger partial charge in [0.25, 0.3) is 0 Å². The van der Waals surface area contributed by atoms with Crippen molar-refractivity contribution in [1.82, 2.24) is 4.90 Å². The molecule has 3 aromatic carbocycles. The van der Waals surface area contributed by atoms with E-state index in [1.54, 1.807) is 26.4 Å². The van der Waals surface area contributed by atoms with Crippen LogP contribution in [0.3, 0.4) is 0 Å². The Morgan fingerprint density at radius 2 is 1.67 bits per heavy atom. The summed E-state index contributed by atoms with van der Waals surface area (Å²) in [6.07, 6.45) is 0.794. The maximum Gasteiger partial charge on any atom is 0.130 e. The van der Waals surface area contributed by atoms with Crippen LogP contribution in [0.1, 0.15) is 36.6 Å². The molecule has 0 aromatic heterocycles. The SMILES string of the molecule is COc1cc(O)c(-c2c(C)cc(O)c3c(OC)cccc23)c2c1[C@@H](C)N(C)[C@@H](C)C2. The molecule has 0 bridgehead atoms. The van der Waals surface area contributed by atoms with Gasteiger partial charge in [0.2, 0.25) is 0 Å². The molecule has 1 heterocycles. The number of methoxy groups -OCH3 is 2. The molecule has 2 N–H and O–H groups in total. The Kier molecular flexibility index (Phi) is 5.02. The molecule has 3 aromatic rings. The molecule has 1 aliphatic heterocycles. The lowest BCUT2D eigenvalue weighted by Gasteiger charge is -2.39. The minimum Gasteiger partial charge on any atom is -0.507 e. The standard InChI is InChI=1S/C25H29NO4/c1-13-10-18(27)24-16(8-7-9-20(24)29-5)22(13)25-17-11-14(2)26(4)15(3)23(17)21(30-6)12-19(25)28/h7-10,12,14-15,27-28H,11H2,1-6H3/t14-,15+/m0/s1. The zero-order valence-corrected chi connectivity index (χ0v) is 18.4. The molecule has 0 aliphatic carbocycles. The quantitative estimate of drug-likeness (QED) is 0.626. The van der Waals surface area contributed by atoms with E-state index in [2.05, 4.69) is 25.8 Å². The Bertz CT molecular complexity index is 1140. The summed E-state index contributed by atoms with van der Waals surface area (Å²) >= 11 is 0. The third kappa shape index (κ3) is 2.88. The lowest BCUT2D eigenvalue weighted by molar-refractivity contribution is 0.175. The average Bonchev–Trinajstić information content (AvgIpc) is 2.72. The highest BCUT2D eigenvalue weighted by Crippen LogP contribution is 2.50. The highest BCUT2D eigenvalue weighted by Gasteiger charge is 2.33. The van der Waals surface area contributed by atoms with Crippen LogP contribution in [-0.2, 0) is 6.42 Å². The first-order valence-corrected chi connectivity index (χ1v) is 10.2. The predicted octanol–water partition coefficient (Wildman–Crippen LogP) is 5.18. The molecular formula is C25H29NO4. The van der Waals surface area contributed by atoms with Gasteiger partial charge in [-0.2, -0.15) is 0 Å². The first kappa shape index (κ1) is 20.4. The van der Waals surface area contributed by atoms with E-state index in [0.717, 1.165) is 39.6 Å². The molecule has 5 nitrogen and oxygen atoms in total. The number of ether oxygens (including phenoxy) is 2. The fraction of sp³-hybridized carbons (Fsp3) is 0.360. The van der Waals surface area contributed by atoms with Gasteiger partial charge in [0, 0.05) is 29.3 Å². The first-order valence-electron chi connectivity index (χ1n) is 10.2. The second-order valence-electron chi connectivity index (χ2n) is 8.23. The molecule has 0 saturated heterocycles. The number of fused-ring (bicyclic) bond motifs is 2. The second kappa shape index (κ2) is 7.40. The molecule has 0 amide bonds. The van der Waals surface area contributed by atoms with Gasteiger partial charge in [-0.1, -0.05) is 12.1 Å². The van der Waals surface area contributed by atoms with Gasteiger partial charge >= 0.3 is 0 Å². The van der Waals surface area contributed by atoms with Crippen LogP contribution >= 0.6 is 0 Å².